The highest BCUT2D eigenvalue weighted by Crippen LogP contribution is 2.47. The van der Waals surface area contributed by atoms with Gasteiger partial charge in [0.1, 0.15) is 11.7 Å². The fourth-order valence-corrected chi connectivity index (χ4v) is 3.68. The summed E-state index contributed by atoms with van der Waals surface area (Å²) in [5.74, 6) is 1.43. The summed E-state index contributed by atoms with van der Waals surface area (Å²) in [5.41, 5.74) is 0.404. The zero-order valence-electron chi connectivity index (χ0n) is 13.1. The molecule has 4 heteroatoms. The summed E-state index contributed by atoms with van der Waals surface area (Å²) in [6.07, 6.45) is 1.86. The van der Waals surface area contributed by atoms with Gasteiger partial charge >= 0.3 is 0 Å². The van der Waals surface area contributed by atoms with Gasteiger partial charge in [-0.1, -0.05) is 12.1 Å². The van der Waals surface area contributed by atoms with E-state index in [1.165, 1.54) is 12.8 Å². The Hall–Kier alpha value is -1.26. The molecule has 0 amide bonds. The molecule has 0 saturated carbocycles. The lowest BCUT2D eigenvalue weighted by Gasteiger charge is -2.47. The number of aliphatic hydroxyl groups excluding tert-OH is 1. The van der Waals surface area contributed by atoms with Gasteiger partial charge in [0.15, 0.2) is 11.5 Å². The molecule has 0 spiro atoms. The van der Waals surface area contributed by atoms with Crippen LogP contribution >= 0.6 is 0 Å². The monoisotopic (exact) mass is 291 g/mol. The van der Waals surface area contributed by atoms with Gasteiger partial charge in [0.05, 0.1) is 12.6 Å². The van der Waals surface area contributed by atoms with Crippen molar-refractivity contribution in [3.8, 4) is 11.5 Å². The van der Waals surface area contributed by atoms with Gasteiger partial charge < -0.3 is 14.6 Å². The Morgan fingerprint density at radius 1 is 1.33 bits per heavy atom. The average molecular weight is 291 g/mol. The van der Waals surface area contributed by atoms with Crippen molar-refractivity contribution in [1.82, 2.24) is 4.90 Å². The number of nitrogens with zero attached hydrogens (tertiary/aromatic N) is 1. The lowest BCUT2D eigenvalue weighted by Crippen LogP contribution is -2.57. The molecular weight excluding hydrogens is 266 g/mol. The number of rotatable bonds is 3. The van der Waals surface area contributed by atoms with Crippen LogP contribution in [-0.2, 0) is 0 Å². The minimum Gasteiger partial charge on any atom is -0.490 e. The summed E-state index contributed by atoms with van der Waals surface area (Å²) < 4.78 is 11.9. The van der Waals surface area contributed by atoms with E-state index in [4.69, 9.17) is 9.47 Å². The second-order valence-electron chi connectivity index (χ2n) is 6.45. The molecular formula is C17H25NO3. The number of hydrogen-bond donors (Lipinski definition) is 1. The highest BCUT2D eigenvalue weighted by molar-refractivity contribution is 5.50. The molecule has 2 unspecified atom stereocenters. The van der Waals surface area contributed by atoms with Gasteiger partial charge in [-0.25, -0.2) is 0 Å². The van der Waals surface area contributed by atoms with E-state index in [2.05, 4.69) is 18.7 Å². The van der Waals surface area contributed by atoms with E-state index in [9.17, 15) is 5.11 Å². The molecule has 2 aliphatic heterocycles. The smallest absolute Gasteiger partial charge is 0.167 e. The van der Waals surface area contributed by atoms with Gasteiger partial charge in [-0.2, -0.15) is 0 Å². The van der Waals surface area contributed by atoms with E-state index in [-0.39, 0.29) is 6.04 Å². The maximum atomic E-state index is 10.9. The average Bonchev–Trinajstić information content (AvgIpc) is 2.93. The maximum Gasteiger partial charge on any atom is 0.167 e. The van der Waals surface area contributed by atoms with E-state index >= 15 is 0 Å². The summed E-state index contributed by atoms with van der Waals surface area (Å²) >= 11 is 0. The summed E-state index contributed by atoms with van der Waals surface area (Å²) in [5, 5.41) is 10.9. The van der Waals surface area contributed by atoms with E-state index in [1.54, 1.807) is 0 Å². The first-order valence-electron chi connectivity index (χ1n) is 7.91. The molecule has 1 aromatic rings. The van der Waals surface area contributed by atoms with Crippen LogP contribution in [-0.4, -0.2) is 41.3 Å². The number of aliphatic hydroxyl groups is 1. The Kier molecular flexibility index (Phi) is 3.84. The normalized spacial score (nSPS) is 28.0. The Balaban J connectivity index is 2.00. The van der Waals surface area contributed by atoms with E-state index in [0.29, 0.717) is 12.4 Å². The first-order valence-corrected chi connectivity index (χ1v) is 7.91. The predicted molar refractivity (Wildman–Crippen MR) is 81.9 cm³/mol. The van der Waals surface area contributed by atoms with Crippen LogP contribution in [0.3, 0.4) is 0 Å². The standard InChI is InChI=1S/C17H25NO3/c1-4-20-13-9-7-8-12-14(19)16(18-10-5-6-11-18)17(2,3)21-15(12)13/h7-9,14,16,19H,4-6,10-11H2,1-3H3. The summed E-state index contributed by atoms with van der Waals surface area (Å²) in [4.78, 5) is 2.36. The zero-order valence-corrected chi connectivity index (χ0v) is 13.1. The van der Waals surface area contributed by atoms with Crippen LogP contribution in [0.4, 0.5) is 0 Å². The molecule has 0 bridgehead atoms. The van der Waals surface area contributed by atoms with Crippen molar-refractivity contribution in [2.75, 3.05) is 19.7 Å². The van der Waals surface area contributed by atoms with Gasteiger partial charge in [-0.3, -0.25) is 4.90 Å². The predicted octanol–water partition coefficient (Wildman–Crippen LogP) is 2.75. The fraction of sp³-hybridized carbons (Fsp3) is 0.647. The minimum absolute atomic E-state index is 0.00984. The van der Waals surface area contributed by atoms with Crippen molar-refractivity contribution in [1.29, 1.82) is 0 Å². The van der Waals surface area contributed by atoms with Crippen molar-refractivity contribution in [3.05, 3.63) is 23.8 Å². The molecule has 2 aliphatic rings. The van der Waals surface area contributed by atoms with Gasteiger partial charge in [0.2, 0.25) is 0 Å². The molecule has 0 aliphatic carbocycles. The Labute approximate surface area is 126 Å². The molecule has 1 saturated heterocycles. The molecule has 1 fully saturated rings. The number of hydrogen-bond acceptors (Lipinski definition) is 4. The van der Waals surface area contributed by atoms with Gasteiger partial charge in [-0.05, 0) is 52.8 Å². The highest BCUT2D eigenvalue weighted by Gasteiger charge is 2.47. The topological polar surface area (TPSA) is 41.9 Å². The number of para-hydroxylation sites is 1. The van der Waals surface area contributed by atoms with E-state index < -0.39 is 11.7 Å². The molecule has 1 N–H and O–H groups in total. The first kappa shape index (κ1) is 14.7. The molecule has 0 aromatic heterocycles. The number of likely N-dealkylation sites (tertiary alicyclic amines) is 1. The number of benzene rings is 1. The fourth-order valence-electron chi connectivity index (χ4n) is 3.68. The molecule has 21 heavy (non-hydrogen) atoms. The van der Waals surface area contributed by atoms with E-state index in [1.807, 2.05) is 25.1 Å². The van der Waals surface area contributed by atoms with Crippen LogP contribution in [0.15, 0.2) is 18.2 Å². The maximum absolute atomic E-state index is 10.9. The van der Waals surface area contributed by atoms with Crippen molar-refractivity contribution >= 4 is 0 Å². The zero-order chi connectivity index (χ0) is 15.0. The Morgan fingerprint density at radius 3 is 2.71 bits per heavy atom. The van der Waals surface area contributed by atoms with Gasteiger partial charge in [0, 0.05) is 5.56 Å². The molecule has 0 radical (unpaired) electrons. The summed E-state index contributed by atoms with van der Waals surface area (Å²) in [6.45, 7) is 8.74. The molecule has 2 atom stereocenters. The molecule has 116 valence electrons. The third-order valence-corrected chi connectivity index (χ3v) is 4.54. The number of ether oxygens (including phenoxy) is 2. The van der Waals surface area contributed by atoms with Crippen LogP contribution in [0.1, 0.15) is 45.3 Å². The molecule has 4 nitrogen and oxygen atoms in total. The Morgan fingerprint density at radius 2 is 2.05 bits per heavy atom. The first-order chi connectivity index (χ1) is 10.0. The molecule has 1 aromatic carbocycles. The molecule has 3 rings (SSSR count). The number of fused-ring (bicyclic) bond motifs is 1. The van der Waals surface area contributed by atoms with Crippen LogP contribution < -0.4 is 9.47 Å². The van der Waals surface area contributed by atoms with Crippen molar-refractivity contribution in [2.45, 2.75) is 51.4 Å². The quantitative estimate of drug-likeness (QED) is 0.930. The highest BCUT2D eigenvalue weighted by atomic mass is 16.5. The van der Waals surface area contributed by atoms with Crippen molar-refractivity contribution in [3.63, 3.8) is 0 Å². The summed E-state index contributed by atoms with van der Waals surface area (Å²) in [7, 11) is 0. The van der Waals surface area contributed by atoms with E-state index in [0.717, 1.165) is 24.4 Å². The third kappa shape index (κ3) is 2.51. The van der Waals surface area contributed by atoms with Gasteiger partial charge in [0.25, 0.3) is 0 Å². The van der Waals surface area contributed by atoms with Crippen LogP contribution in [0.25, 0.3) is 0 Å². The lowest BCUT2D eigenvalue weighted by molar-refractivity contribution is -0.0770. The second-order valence-corrected chi connectivity index (χ2v) is 6.45. The van der Waals surface area contributed by atoms with Crippen LogP contribution in [0.2, 0.25) is 0 Å². The summed E-state index contributed by atoms with van der Waals surface area (Å²) in [6, 6.07) is 5.77. The van der Waals surface area contributed by atoms with Crippen LogP contribution in [0.5, 0.6) is 11.5 Å². The van der Waals surface area contributed by atoms with Gasteiger partial charge in [-0.15, -0.1) is 0 Å². The van der Waals surface area contributed by atoms with Crippen LogP contribution in [0, 0.1) is 0 Å². The third-order valence-electron chi connectivity index (χ3n) is 4.54. The van der Waals surface area contributed by atoms with Crippen molar-refractivity contribution < 1.29 is 14.6 Å². The SMILES string of the molecule is CCOc1cccc2c1OC(C)(C)C(N1CCCC1)C2O. The minimum atomic E-state index is -0.540. The molecule has 2 heterocycles. The van der Waals surface area contributed by atoms with Crippen molar-refractivity contribution in [2.24, 2.45) is 0 Å². The Bertz CT molecular complexity index is 509. The lowest BCUT2D eigenvalue weighted by atomic mass is 9.85. The second kappa shape index (κ2) is 5.50. The largest absolute Gasteiger partial charge is 0.490 e.